The Morgan fingerprint density at radius 1 is 1.09 bits per heavy atom. The molecule has 0 saturated carbocycles. The van der Waals surface area contributed by atoms with E-state index in [0.29, 0.717) is 32.2 Å². The Kier molecular flexibility index (Phi) is 5.33. The van der Waals surface area contributed by atoms with Crippen molar-refractivity contribution >= 4 is 0 Å². The van der Waals surface area contributed by atoms with Crippen LogP contribution in [0, 0.1) is 17.5 Å². The number of rotatable bonds is 4. The average Bonchev–Trinajstić information content (AvgIpc) is 2.44. The number of benzene rings is 1. The van der Waals surface area contributed by atoms with Gasteiger partial charge in [0.15, 0.2) is 11.6 Å². The second kappa shape index (κ2) is 6.87. The summed E-state index contributed by atoms with van der Waals surface area (Å²) in [6.45, 7) is 1.84. The van der Waals surface area contributed by atoms with Gasteiger partial charge in [-0.25, -0.2) is 13.2 Å². The van der Waals surface area contributed by atoms with Crippen molar-refractivity contribution in [3.8, 4) is 0 Å². The molecule has 1 aliphatic rings. The first-order valence-electron chi connectivity index (χ1n) is 6.94. The van der Waals surface area contributed by atoms with Crippen LogP contribution in [0.1, 0.15) is 24.4 Å². The van der Waals surface area contributed by atoms with Gasteiger partial charge in [0, 0.05) is 50.3 Å². The lowest BCUT2D eigenvalue weighted by atomic mass is 9.98. The number of alkyl halides is 3. The number of piperazine rings is 1. The summed E-state index contributed by atoms with van der Waals surface area (Å²) in [6.07, 6.45) is -5.99. The van der Waals surface area contributed by atoms with Crippen LogP contribution in [0.25, 0.3) is 0 Å². The number of nitrogens with zero attached hydrogens (tertiary/aromatic N) is 1. The van der Waals surface area contributed by atoms with E-state index in [0.717, 1.165) is 6.07 Å². The minimum absolute atomic E-state index is 0.358. The van der Waals surface area contributed by atoms with Gasteiger partial charge in [0.1, 0.15) is 5.82 Å². The van der Waals surface area contributed by atoms with Crippen LogP contribution < -0.4 is 5.32 Å². The smallest absolute Gasteiger partial charge is 0.314 e. The summed E-state index contributed by atoms with van der Waals surface area (Å²) in [6, 6.07) is 0.160. The summed E-state index contributed by atoms with van der Waals surface area (Å²) in [4.78, 5) is 1.62. The summed E-state index contributed by atoms with van der Waals surface area (Å²) in [7, 11) is 0. The molecule has 1 heterocycles. The molecule has 124 valence electrons. The van der Waals surface area contributed by atoms with Crippen molar-refractivity contribution < 1.29 is 26.3 Å². The minimum atomic E-state index is -4.41. The Morgan fingerprint density at radius 3 is 2.32 bits per heavy atom. The molecule has 1 aliphatic heterocycles. The van der Waals surface area contributed by atoms with E-state index in [2.05, 4.69) is 5.32 Å². The van der Waals surface area contributed by atoms with Gasteiger partial charge in [-0.1, -0.05) is 0 Å². The van der Waals surface area contributed by atoms with E-state index in [9.17, 15) is 26.3 Å². The Morgan fingerprint density at radius 2 is 1.73 bits per heavy atom. The van der Waals surface area contributed by atoms with Crippen LogP contribution in [-0.2, 0) is 0 Å². The first kappa shape index (κ1) is 17.1. The lowest BCUT2D eigenvalue weighted by Gasteiger charge is -2.35. The lowest BCUT2D eigenvalue weighted by Crippen LogP contribution is -2.45. The van der Waals surface area contributed by atoms with Crippen LogP contribution in [-0.4, -0.2) is 37.3 Å². The third-order valence-electron chi connectivity index (χ3n) is 3.67. The van der Waals surface area contributed by atoms with E-state index in [1.807, 2.05) is 0 Å². The highest BCUT2D eigenvalue weighted by Crippen LogP contribution is 2.33. The van der Waals surface area contributed by atoms with Gasteiger partial charge < -0.3 is 5.32 Å². The topological polar surface area (TPSA) is 15.3 Å². The molecule has 0 amide bonds. The summed E-state index contributed by atoms with van der Waals surface area (Å²) < 4.78 is 78.1. The number of hydrogen-bond donors (Lipinski definition) is 1. The van der Waals surface area contributed by atoms with E-state index in [1.165, 1.54) is 0 Å². The molecule has 22 heavy (non-hydrogen) atoms. The van der Waals surface area contributed by atoms with Crippen LogP contribution in [0.2, 0.25) is 0 Å². The fourth-order valence-corrected chi connectivity index (χ4v) is 2.65. The van der Waals surface area contributed by atoms with Gasteiger partial charge in [-0.3, -0.25) is 4.90 Å². The minimum Gasteiger partial charge on any atom is -0.314 e. The van der Waals surface area contributed by atoms with Gasteiger partial charge in [0.25, 0.3) is 0 Å². The zero-order valence-electron chi connectivity index (χ0n) is 11.7. The summed E-state index contributed by atoms with van der Waals surface area (Å²) in [5.41, 5.74) is -0.358. The molecule has 0 spiro atoms. The molecule has 0 aliphatic carbocycles. The van der Waals surface area contributed by atoms with Crippen molar-refractivity contribution in [3.63, 3.8) is 0 Å². The molecule has 2 nitrogen and oxygen atoms in total. The second-order valence-corrected chi connectivity index (χ2v) is 5.25. The van der Waals surface area contributed by atoms with Crippen LogP contribution in [0.3, 0.4) is 0 Å². The Bertz CT molecular complexity index is 511. The third-order valence-corrected chi connectivity index (χ3v) is 3.67. The molecule has 8 heteroatoms. The van der Waals surface area contributed by atoms with Crippen molar-refractivity contribution in [2.45, 2.75) is 25.1 Å². The first-order valence-corrected chi connectivity index (χ1v) is 6.94. The highest BCUT2D eigenvalue weighted by atomic mass is 19.4. The van der Waals surface area contributed by atoms with E-state index in [4.69, 9.17) is 0 Å². The molecule has 1 saturated heterocycles. The van der Waals surface area contributed by atoms with Gasteiger partial charge >= 0.3 is 6.18 Å². The molecule has 1 fully saturated rings. The van der Waals surface area contributed by atoms with E-state index in [-0.39, 0.29) is 5.56 Å². The van der Waals surface area contributed by atoms with Crippen LogP contribution in [0.5, 0.6) is 0 Å². The monoisotopic (exact) mass is 326 g/mol. The van der Waals surface area contributed by atoms with Crippen molar-refractivity contribution in [1.82, 2.24) is 10.2 Å². The van der Waals surface area contributed by atoms with Crippen LogP contribution in [0.15, 0.2) is 12.1 Å². The molecule has 0 aromatic heterocycles. The van der Waals surface area contributed by atoms with Crippen molar-refractivity contribution in [1.29, 1.82) is 0 Å². The van der Waals surface area contributed by atoms with Gasteiger partial charge in [-0.2, -0.15) is 13.2 Å². The van der Waals surface area contributed by atoms with Crippen molar-refractivity contribution in [3.05, 3.63) is 35.1 Å². The zero-order chi connectivity index (χ0) is 16.3. The van der Waals surface area contributed by atoms with Crippen LogP contribution in [0.4, 0.5) is 26.3 Å². The molecule has 1 aromatic rings. The molecule has 1 N–H and O–H groups in total. The normalized spacial score (nSPS) is 18.5. The summed E-state index contributed by atoms with van der Waals surface area (Å²) in [5.74, 6) is -3.67. The number of hydrogen-bond acceptors (Lipinski definition) is 2. The van der Waals surface area contributed by atoms with E-state index >= 15 is 0 Å². The molecule has 1 aromatic carbocycles. The van der Waals surface area contributed by atoms with E-state index in [1.54, 1.807) is 4.90 Å². The molecule has 0 unspecified atom stereocenters. The number of nitrogens with one attached hydrogen (secondary N) is 1. The Hall–Kier alpha value is -1.28. The fraction of sp³-hybridized carbons (Fsp3) is 0.571. The SMILES string of the molecule is Fc1cc(F)c(F)c([C@@H](CCC(F)(F)F)N2CCNCC2)c1. The highest BCUT2D eigenvalue weighted by Gasteiger charge is 2.33. The fourth-order valence-electron chi connectivity index (χ4n) is 2.65. The molecule has 0 radical (unpaired) electrons. The largest absolute Gasteiger partial charge is 0.389 e. The maximum Gasteiger partial charge on any atom is 0.389 e. The lowest BCUT2D eigenvalue weighted by molar-refractivity contribution is -0.138. The van der Waals surface area contributed by atoms with E-state index < -0.39 is 42.5 Å². The molecule has 1 atom stereocenters. The predicted octanol–water partition coefficient (Wildman–Crippen LogP) is 3.39. The summed E-state index contributed by atoms with van der Waals surface area (Å²) >= 11 is 0. The van der Waals surface area contributed by atoms with Gasteiger partial charge in [-0.05, 0) is 12.5 Å². The molecule has 2 rings (SSSR count). The molecular weight excluding hydrogens is 310 g/mol. The standard InChI is InChI=1S/C14H16F6N2/c15-9-7-10(13(17)11(16)8-9)12(1-2-14(18,19)20)22-5-3-21-4-6-22/h7-8,12,21H,1-6H2/t12-/m1/s1. The highest BCUT2D eigenvalue weighted by molar-refractivity contribution is 5.24. The Labute approximate surface area is 124 Å². The van der Waals surface area contributed by atoms with Gasteiger partial charge in [-0.15, -0.1) is 0 Å². The predicted molar refractivity (Wildman–Crippen MR) is 68.8 cm³/mol. The molecule has 0 bridgehead atoms. The number of halogens is 6. The van der Waals surface area contributed by atoms with Crippen LogP contribution >= 0.6 is 0 Å². The average molecular weight is 326 g/mol. The van der Waals surface area contributed by atoms with Crippen molar-refractivity contribution in [2.75, 3.05) is 26.2 Å². The Balaban J connectivity index is 2.30. The second-order valence-electron chi connectivity index (χ2n) is 5.25. The summed E-state index contributed by atoms with van der Waals surface area (Å²) in [5, 5.41) is 3.02. The third kappa shape index (κ3) is 4.36. The van der Waals surface area contributed by atoms with Crippen molar-refractivity contribution in [2.24, 2.45) is 0 Å². The first-order chi connectivity index (χ1) is 10.3. The van der Waals surface area contributed by atoms with Gasteiger partial charge in [0.05, 0.1) is 0 Å². The zero-order valence-corrected chi connectivity index (χ0v) is 11.7. The maximum absolute atomic E-state index is 13.9. The maximum atomic E-state index is 13.9. The molecular formula is C14H16F6N2. The quantitative estimate of drug-likeness (QED) is 0.674. The van der Waals surface area contributed by atoms with Gasteiger partial charge in [0.2, 0.25) is 0 Å².